The quantitative estimate of drug-likeness (QED) is 0.513. The van der Waals surface area contributed by atoms with Crippen molar-refractivity contribution < 1.29 is 5.11 Å². The minimum atomic E-state index is 0.150. The van der Waals surface area contributed by atoms with Crippen molar-refractivity contribution in [2.24, 2.45) is 5.41 Å². The zero-order valence-corrected chi connectivity index (χ0v) is 5.81. The number of hydrogen-bond acceptors (Lipinski definition) is 1. The number of hydrogen-bond donors (Lipinski definition) is 1. The highest BCUT2D eigenvalue weighted by Gasteiger charge is 2.01. The fraction of sp³-hybridized carbons (Fsp3) is 0.714. The summed E-state index contributed by atoms with van der Waals surface area (Å²) in [6.07, 6.45) is 3.76. The molecule has 0 heterocycles. The molecule has 0 aromatic rings. The molecule has 0 unspecified atom stereocenters. The van der Waals surface area contributed by atoms with Crippen molar-refractivity contribution in [3.05, 3.63) is 12.2 Å². The van der Waals surface area contributed by atoms with Gasteiger partial charge in [0, 0.05) is 0 Å². The van der Waals surface area contributed by atoms with Crippen LogP contribution in [-0.4, -0.2) is 11.7 Å². The first-order valence-corrected chi connectivity index (χ1v) is 2.85. The van der Waals surface area contributed by atoms with E-state index in [2.05, 4.69) is 20.8 Å². The molecule has 0 fully saturated rings. The highest BCUT2D eigenvalue weighted by Crippen LogP contribution is 2.13. The molecule has 8 heavy (non-hydrogen) atoms. The first kappa shape index (κ1) is 7.70. The zero-order chi connectivity index (χ0) is 6.62. The fourth-order valence-corrected chi connectivity index (χ4v) is 0.406. The van der Waals surface area contributed by atoms with Crippen molar-refractivity contribution >= 4 is 0 Å². The third-order valence-electron chi connectivity index (χ3n) is 0.723. The van der Waals surface area contributed by atoms with Crippen molar-refractivity contribution in [2.75, 3.05) is 6.61 Å². The molecule has 0 saturated heterocycles. The second-order valence-corrected chi connectivity index (χ2v) is 2.95. The van der Waals surface area contributed by atoms with Crippen LogP contribution < -0.4 is 0 Å². The third-order valence-corrected chi connectivity index (χ3v) is 0.723. The van der Waals surface area contributed by atoms with Crippen molar-refractivity contribution in [3.63, 3.8) is 0 Å². The third kappa shape index (κ3) is 5.70. The molecule has 0 radical (unpaired) electrons. The second-order valence-electron chi connectivity index (χ2n) is 2.95. The molecule has 0 amide bonds. The van der Waals surface area contributed by atoms with Crippen LogP contribution >= 0.6 is 0 Å². The molecule has 1 nitrogen and oxygen atoms in total. The Balaban J connectivity index is 3.52. The maximum absolute atomic E-state index is 8.34. The van der Waals surface area contributed by atoms with Gasteiger partial charge in [0.15, 0.2) is 0 Å². The Bertz CT molecular complexity index is 76.9. The van der Waals surface area contributed by atoms with E-state index in [0.29, 0.717) is 0 Å². The van der Waals surface area contributed by atoms with Crippen LogP contribution in [0.3, 0.4) is 0 Å². The highest BCUT2D eigenvalue weighted by atomic mass is 16.2. The van der Waals surface area contributed by atoms with E-state index in [1.54, 1.807) is 6.08 Å². The summed E-state index contributed by atoms with van der Waals surface area (Å²) >= 11 is 0. The van der Waals surface area contributed by atoms with Gasteiger partial charge < -0.3 is 5.11 Å². The van der Waals surface area contributed by atoms with Gasteiger partial charge in [-0.05, 0) is 5.41 Å². The van der Waals surface area contributed by atoms with E-state index in [1.165, 1.54) is 0 Å². The molecule has 1 N–H and O–H groups in total. The fourth-order valence-electron chi connectivity index (χ4n) is 0.406. The van der Waals surface area contributed by atoms with E-state index in [0.717, 1.165) is 0 Å². The lowest BCUT2D eigenvalue weighted by atomic mass is 9.97. The van der Waals surface area contributed by atoms with Crippen molar-refractivity contribution in [1.82, 2.24) is 0 Å². The first-order valence-electron chi connectivity index (χ1n) is 2.85. The van der Waals surface area contributed by atoms with Crippen LogP contribution in [-0.2, 0) is 0 Å². The number of aliphatic hydroxyl groups is 1. The normalized spacial score (nSPS) is 13.0. The van der Waals surface area contributed by atoms with Crippen molar-refractivity contribution in [1.29, 1.82) is 0 Å². The van der Waals surface area contributed by atoms with Crippen LogP contribution in [0.2, 0.25) is 0 Å². The molecule has 0 bridgehead atoms. The summed E-state index contributed by atoms with van der Waals surface area (Å²) in [6.45, 7) is 6.44. The Kier molecular flexibility index (Phi) is 2.77. The smallest absolute Gasteiger partial charge is 0.0612 e. The predicted molar refractivity (Wildman–Crippen MR) is 35.7 cm³/mol. The van der Waals surface area contributed by atoms with Crippen LogP contribution in [0.1, 0.15) is 20.8 Å². The van der Waals surface area contributed by atoms with Crippen molar-refractivity contribution in [3.8, 4) is 0 Å². The van der Waals surface area contributed by atoms with E-state index in [1.807, 2.05) is 6.08 Å². The minimum absolute atomic E-state index is 0.150. The van der Waals surface area contributed by atoms with Gasteiger partial charge in [0.25, 0.3) is 0 Å². The minimum Gasteiger partial charge on any atom is -0.392 e. The molecule has 0 rings (SSSR count). The Morgan fingerprint density at radius 3 is 2.00 bits per heavy atom. The van der Waals surface area contributed by atoms with Gasteiger partial charge in [-0.15, -0.1) is 0 Å². The summed E-state index contributed by atoms with van der Waals surface area (Å²) < 4.78 is 0. The Morgan fingerprint density at radius 2 is 1.88 bits per heavy atom. The Morgan fingerprint density at radius 1 is 1.38 bits per heavy atom. The molecule has 0 aromatic heterocycles. The molecule has 1 heteroatoms. The summed E-state index contributed by atoms with van der Waals surface area (Å²) in [4.78, 5) is 0. The van der Waals surface area contributed by atoms with Crippen LogP contribution in [0.25, 0.3) is 0 Å². The van der Waals surface area contributed by atoms with Crippen LogP contribution in [0, 0.1) is 5.41 Å². The molecular formula is C7H14O. The SMILES string of the molecule is CC(C)(C)C=CCO. The molecule has 0 aliphatic carbocycles. The Hall–Kier alpha value is -0.300. The summed E-state index contributed by atoms with van der Waals surface area (Å²) in [5, 5.41) is 8.34. The lowest BCUT2D eigenvalue weighted by Gasteiger charge is -2.09. The van der Waals surface area contributed by atoms with Crippen molar-refractivity contribution in [2.45, 2.75) is 20.8 Å². The maximum Gasteiger partial charge on any atom is 0.0612 e. The standard InChI is InChI=1S/C7H14O/c1-7(2,3)5-4-6-8/h4-5,8H,6H2,1-3H3. The van der Waals surface area contributed by atoms with Gasteiger partial charge in [0.05, 0.1) is 6.61 Å². The molecule has 48 valence electrons. The number of rotatable bonds is 1. The van der Waals surface area contributed by atoms with Gasteiger partial charge in [-0.3, -0.25) is 0 Å². The maximum atomic E-state index is 8.34. The van der Waals surface area contributed by atoms with E-state index >= 15 is 0 Å². The largest absolute Gasteiger partial charge is 0.392 e. The van der Waals surface area contributed by atoms with Gasteiger partial charge in [-0.2, -0.15) is 0 Å². The zero-order valence-electron chi connectivity index (χ0n) is 5.81. The summed E-state index contributed by atoms with van der Waals surface area (Å²) in [5.74, 6) is 0. The average molecular weight is 114 g/mol. The molecular weight excluding hydrogens is 100 g/mol. The van der Waals surface area contributed by atoms with Crippen LogP contribution in [0.4, 0.5) is 0 Å². The van der Waals surface area contributed by atoms with Crippen LogP contribution in [0.15, 0.2) is 12.2 Å². The highest BCUT2D eigenvalue weighted by molar-refractivity contribution is 4.91. The second kappa shape index (κ2) is 2.88. The number of aliphatic hydroxyl groups excluding tert-OH is 1. The summed E-state index contributed by atoms with van der Waals surface area (Å²) in [6, 6.07) is 0. The molecule has 0 aliphatic heterocycles. The molecule has 0 aliphatic rings. The van der Waals surface area contributed by atoms with E-state index in [4.69, 9.17) is 5.11 Å². The van der Waals surface area contributed by atoms with Gasteiger partial charge in [-0.1, -0.05) is 32.9 Å². The molecule has 0 spiro atoms. The van der Waals surface area contributed by atoms with E-state index in [9.17, 15) is 0 Å². The van der Waals surface area contributed by atoms with Gasteiger partial charge in [-0.25, -0.2) is 0 Å². The average Bonchev–Trinajstić information content (AvgIpc) is 1.59. The van der Waals surface area contributed by atoms with Gasteiger partial charge >= 0.3 is 0 Å². The van der Waals surface area contributed by atoms with Crippen LogP contribution in [0.5, 0.6) is 0 Å². The molecule has 0 atom stereocenters. The summed E-state index contributed by atoms with van der Waals surface area (Å²) in [7, 11) is 0. The van der Waals surface area contributed by atoms with E-state index < -0.39 is 0 Å². The lowest BCUT2D eigenvalue weighted by molar-refractivity contribution is 0.340. The predicted octanol–water partition coefficient (Wildman–Crippen LogP) is 1.58. The molecule has 0 saturated carbocycles. The van der Waals surface area contributed by atoms with E-state index in [-0.39, 0.29) is 12.0 Å². The summed E-state index contributed by atoms with van der Waals surface area (Å²) in [5.41, 5.74) is 0.211. The first-order chi connectivity index (χ1) is 3.56. The van der Waals surface area contributed by atoms with Gasteiger partial charge in [0.2, 0.25) is 0 Å². The molecule has 0 aromatic carbocycles. The number of allylic oxidation sites excluding steroid dienone is 1. The Labute approximate surface area is 51.0 Å². The topological polar surface area (TPSA) is 20.2 Å². The monoisotopic (exact) mass is 114 g/mol. The van der Waals surface area contributed by atoms with Gasteiger partial charge in [0.1, 0.15) is 0 Å². The lowest BCUT2D eigenvalue weighted by Crippen LogP contribution is -1.98.